The molecule has 0 atom stereocenters. The summed E-state index contributed by atoms with van der Waals surface area (Å²) in [5.74, 6) is 0.267. The summed E-state index contributed by atoms with van der Waals surface area (Å²) in [6.07, 6.45) is 0. The van der Waals surface area contributed by atoms with Gasteiger partial charge in [-0.15, -0.1) is 0 Å². The zero-order valence-corrected chi connectivity index (χ0v) is 17.7. The molecular weight excluding hydrogens is 396 g/mol. The van der Waals surface area contributed by atoms with Crippen molar-refractivity contribution in [2.45, 2.75) is 6.92 Å². The molecule has 5 rings (SSSR count). The molecule has 0 saturated heterocycles. The number of fused-ring (bicyclic) bond motifs is 2. The monoisotopic (exact) mass is 418 g/mol. The summed E-state index contributed by atoms with van der Waals surface area (Å²) in [5.41, 5.74) is 4.62. The number of hydrogen-bond donors (Lipinski definition) is 2. The molecule has 32 heavy (non-hydrogen) atoms. The molecule has 0 aliphatic heterocycles. The van der Waals surface area contributed by atoms with Crippen LogP contribution in [-0.4, -0.2) is 22.4 Å². The highest BCUT2D eigenvalue weighted by molar-refractivity contribution is 6.03. The van der Waals surface area contributed by atoms with Gasteiger partial charge in [0.2, 0.25) is 11.9 Å². The lowest BCUT2D eigenvalue weighted by Crippen LogP contribution is -2.22. The van der Waals surface area contributed by atoms with E-state index >= 15 is 0 Å². The number of benzene rings is 4. The van der Waals surface area contributed by atoms with Gasteiger partial charge in [0.25, 0.3) is 0 Å². The number of carbonyl (C=O) groups is 1. The van der Waals surface area contributed by atoms with Crippen LogP contribution in [0.25, 0.3) is 32.9 Å². The Morgan fingerprint density at radius 2 is 1.59 bits per heavy atom. The molecule has 4 aromatic carbocycles. The van der Waals surface area contributed by atoms with E-state index in [1.54, 1.807) is 0 Å². The van der Waals surface area contributed by atoms with Gasteiger partial charge < -0.3 is 10.6 Å². The molecule has 1 aromatic heterocycles. The Hall–Kier alpha value is -4.25. The third-order valence-corrected chi connectivity index (χ3v) is 5.37. The number of amides is 1. The second-order valence-corrected chi connectivity index (χ2v) is 7.71. The minimum absolute atomic E-state index is 0.0643. The number of nitrogens with one attached hydrogen (secondary N) is 2. The molecule has 5 aromatic rings. The Balaban J connectivity index is 1.40. The average Bonchev–Trinajstić information content (AvgIpc) is 2.83. The van der Waals surface area contributed by atoms with E-state index in [0.717, 1.165) is 44.2 Å². The summed E-state index contributed by atoms with van der Waals surface area (Å²) >= 11 is 0. The van der Waals surface area contributed by atoms with E-state index in [2.05, 4.69) is 28.6 Å². The molecule has 0 unspecified atom stereocenters. The van der Waals surface area contributed by atoms with Gasteiger partial charge in [-0.3, -0.25) is 4.79 Å². The highest BCUT2D eigenvalue weighted by Crippen LogP contribution is 2.28. The first-order valence-corrected chi connectivity index (χ1v) is 10.5. The van der Waals surface area contributed by atoms with E-state index in [1.807, 2.05) is 84.9 Å². The van der Waals surface area contributed by atoms with Crippen molar-refractivity contribution in [1.82, 2.24) is 9.97 Å². The van der Waals surface area contributed by atoms with Crippen molar-refractivity contribution in [3.63, 3.8) is 0 Å². The van der Waals surface area contributed by atoms with E-state index < -0.39 is 0 Å². The Morgan fingerprint density at radius 1 is 0.812 bits per heavy atom. The molecule has 0 bridgehead atoms. The first-order valence-electron chi connectivity index (χ1n) is 10.5. The summed E-state index contributed by atoms with van der Waals surface area (Å²) in [5, 5.41) is 9.16. The van der Waals surface area contributed by atoms with Crippen LogP contribution in [0, 0.1) is 6.92 Å². The zero-order chi connectivity index (χ0) is 21.9. The molecule has 5 nitrogen and oxygen atoms in total. The summed E-state index contributed by atoms with van der Waals surface area (Å²) in [6.45, 7) is 2.12. The maximum atomic E-state index is 12.7. The van der Waals surface area contributed by atoms with Crippen molar-refractivity contribution in [2.75, 3.05) is 17.2 Å². The number of carbonyl (C=O) groups excluding carboxylic acids is 1. The van der Waals surface area contributed by atoms with Crippen LogP contribution in [0.15, 0.2) is 91.0 Å². The molecule has 0 aliphatic rings. The SMILES string of the molecule is Cc1ccc2nc(NCC(=O)Nc3cccc4ccccc34)nc(-c3ccccc3)c2c1. The fraction of sp³-hybridized carbons (Fsp3) is 0.0741. The molecule has 1 heterocycles. The first kappa shape index (κ1) is 19.7. The molecule has 0 aliphatic carbocycles. The largest absolute Gasteiger partial charge is 0.345 e. The van der Waals surface area contributed by atoms with Crippen molar-refractivity contribution in [3.05, 3.63) is 96.6 Å². The minimum atomic E-state index is -0.157. The lowest BCUT2D eigenvalue weighted by molar-refractivity contribution is -0.114. The Kier molecular flexibility index (Phi) is 5.22. The minimum Gasteiger partial charge on any atom is -0.345 e. The van der Waals surface area contributed by atoms with Crippen LogP contribution >= 0.6 is 0 Å². The standard InChI is InChI=1S/C27H22N4O/c1-18-14-15-24-22(16-18)26(20-9-3-2-4-10-20)31-27(30-24)28-17-25(32)29-23-13-7-11-19-8-5-6-12-21(19)23/h2-16H,17H2,1H3,(H,29,32)(H,28,30,31). The fourth-order valence-electron chi connectivity index (χ4n) is 3.83. The van der Waals surface area contributed by atoms with E-state index in [1.165, 1.54) is 0 Å². The molecule has 156 valence electrons. The smallest absolute Gasteiger partial charge is 0.243 e. The third kappa shape index (κ3) is 4.01. The molecule has 0 spiro atoms. The first-order chi connectivity index (χ1) is 15.7. The fourth-order valence-corrected chi connectivity index (χ4v) is 3.83. The number of aromatic nitrogens is 2. The van der Waals surface area contributed by atoms with Gasteiger partial charge in [-0.05, 0) is 30.5 Å². The van der Waals surface area contributed by atoms with Crippen LogP contribution in [0.3, 0.4) is 0 Å². The second-order valence-electron chi connectivity index (χ2n) is 7.71. The number of hydrogen-bond acceptors (Lipinski definition) is 4. The summed E-state index contributed by atoms with van der Waals surface area (Å²) in [4.78, 5) is 22.0. The molecule has 0 saturated carbocycles. The molecule has 2 N–H and O–H groups in total. The maximum Gasteiger partial charge on any atom is 0.243 e. The third-order valence-electron chi connectivity index (χ3n) is 5.37. The Labute approximate surface area is 186 Å². The molecule has 0 radical (unpaired) electrons. The van der Waals surface area contributed by atoms with E-state index in [4.69, 9.17) is 4.98 Å². The average molecular weight is 419 g/mol. The van der Waals surface area contributed by atoms with Gasteiger partial charge in [-0.1, -0.05) is 78.4 Å². The Bertz CT molecular complexity index is 1430. The van der Waals surface area contributed by atoms with E-state index in [-0.39, 0.29) is 12.5 Å². The van der Waals surface area contributed by atoms with Gasteiger partial charge in [0.15, 0.2) is 0 Å². The van der Waals surface area contributed by atoms with Gasteiger partial charge in [0.05, 0.1) is 17.8 Å². The van der Waals surface area contributed by atoms with Crippen LogP contribution < -0.4 is 10.6 Å². The Morgan fingerprint density at radius 3 is 2.47 bits per heavy atom. The van der Waals surface area contributed by atoms with Crippen LogP contribution in [0.4, 0.5) is 11.6 Å². The lowest BCUT2D eigenvalue weighted by atomic mass is 10.0. The highest BCUT2D eigenvalue weighted by atomic mass is 16.1. The van der Waals surface area contributed by atoms with Crippen LogP contribution in [0.2, 0.25) is 0 Å². The van der Waals surface area contributed by atoms with Crippen molar-refractivity contribution in [1.29, 1.82) is 0 Å². The number of rotatable bonds is 5. The lowest BCUT2D eigenvalue weighted by Gasteiger charge is -2.12. The molecule has 1 amide bonds. The van der Waals surface area contributed by atoms with Crippen LogP contribution in [-0.2, 0) is 4.79 Å². The molecular formula is C27H22N4O. The van der Waals surface area contributed by atoms with Crippen molar-refractivity contribution < 1.29 is 4.79 Å². The summed E-state index contributed by atoms with van der Waals surface area (Å²) < 4.78 is 0. The van der Waals surface area contributed by atoms with Crippen LogP contribution in [0.5, 0.6) is 0 Å². The zero-order valence-electron chi connectivity index (χ0n) is 17.7. The molecule has 5 heteroatoms. The predicted octanol–water partition coefficient (Wildman–Crippen LogP) is 5.81. The quantitative estimate of drug-likeness (QED) is 0.378. The maximum absolute atomic E-state index is 12.7. The van der Waals surface area contributed by atoms with E-state index in [9.17, 15) is 4.79 Å². The normalized spacial score (nSPS) is 10.9. The van der Waals surface area contributed by atoms with Crippen molar-refractivity contribution in [3.8, 4) is 11.3 Å². The number of nitrogens with zero attached hydrogens (tertiary/aromatic N) is 2. The predicted molar refractivity (Wildman–Crippen MR) is 131 cm³/mol. The topological polar surface area (TPSA) is 66.9 Å². The van der Waals surface area contributed by atoms with Crippen LogP contribution in [0.1, 0.15) is 5.56 Å². The van der Waals surface area contributed by atoms with Gasteiger partial charge >= 0.3 is 0 Å². The van der Waals surface area contributed by atoms with Gasteiger partial charge in [-0.25, -0.2) is 9.97 Å². The van der Waals surface area contributed by atoms with Gasteiger partial charge in [-0.2, -0.15) is 0 Å². The van der Waals surface area contributed by atoms with Crippen molar-refractivity contribution >= 4 is 39.2 Å². The number of anilines is 2. The summed E-state index contributed by atoms with van der Waals surface area (Å²) in [7, 11) is 0. The van der Waals surface area contributed by atoms with E-state index in [0.29, 0.717) is 5.95 Å². The summed E-state index contributed by atoms with van der Waals surface area (Å²) in [6, 6.07) is 30.0. The number of aryl methyl sites for hydroxylation is 1. The van der Waals surface area contributed by atoms with Gasteiger partial charge in [0.1, 0.15) is 0 Å². The second kappa shape index (κ2) is 8.47. The highest BCUT2D eigenvalue weighted by Gasteiger charge is 2.12. The molecule has 0 fully saturated rings. The van der Waals surface area contributed by atoms with Crippen molar-refractivity contribution in [2.24, 2.45) is 0 Å². The van der Waals surface area contributed by atoms with Gasteiger partial charge in [0, 0.05) is 22.0 Å².